The van der Waals surface area contributed by atoms with Crippen molar-refractivity contribution in [2.75, 3.05) is 11.5 Å². The zero-order valence-corrected chi connectivity index (χ0v) is 14.0. The van der Waals surface area contributed by atoms with Crippen molar-refractivity contribution in [2.24, 2.45) is 11.5 Å². The highest BCUT2D eigenvalue weighted by molar-refractivity contribution is 7.80. The van der Waals surface area contributed by atoms with Crippen molar-refractivity contribution < 1.29 is 14.4 Å². The van der Waals surface area contributed by atoms with Gasteiger partial charge in [0.25, 0.3) is 0 Å². The van der Waals surface area contributed by atoms with E-state index < -0.39 is 35.8 Å². The Morgan fingerprint density at radius 1 is 1.17 bits per heavy atom. The second-order valence-corrected chi connectivity index (χ2v) is 5.51. The van der Waals surface area contributed by atoms with Crippen LogP contribution >= 0.6 is 25.3 Å². The van der Waals surface area contributed by atoms with E-state index in [4.69, 9.17) is 11.5 Å². The molecule has 1 aromatic heterocycles. The first kappa shape index (κ1) is 19.3. The van der Waals surface area contributed by atoms with Crippen LogP contribution in [0.5, 0.6) is 0 Å². The van der Waals surface area contributed by atoms with Crippen molar-refractivity contribution >= 4 is 43.0 Å². The fourth-order valence-electron chi connectivity index (χ4n) is 1.67. The van der Waals surface area contributed by atoms with Crippen molar-refractivity contribution in [3.05, 3.63) is 18.2 Å². The van der Waals surface area contributed by atoms with E-state index in [-0.39, 0.29) is 17.9 Å². The second kappa shape index (κ2) is 9.43. The summed E-state index contributed by atoms with van der Waals surface area (Å²) in [6.45, 7) is 0. The van der Waals surface area contributed by atoms with Gasteiger partial charge in [-0.05, 0) is 0 Å². The zero-order chi connectivity index (χ0) is 17.4. The predicted octanol–water partition coefficient (Wildman–Crippen LogP) is -2.41. The number of imidazole rings is 1. The maximum atomic E-state index is 12.2. The van der Waals surface area contributed by atoms with Crippen LogP contribution in [0.25, 0.3) is 0 Å². The molecule has 0 aliphatic carbocycles. The van der Waals surface area contributed by atoms with E-state index >= 15 is 0 Å². The number of aromatic nitrogens is 2. The molecule has 0 aromatic carbocycles. The number of hydrogen-bond acceptors (Lipinski definition) is 7. The molecular weight excluding hydrogens is 340 g/mol. The molecule has 23 heavy (non-hydrogen) atoms. The van der Waals surface area contributed by atoms with Gasteiger partial charge in [0.15, 0.2) is 0 Å². The van der Waals surface area contributed by atoms with Crippen LogP contribution in [0.2, 0.25) is 0 Å². The van der Waals surface area contributed by atoms with Crippen LogP contribution in [0, 0.1) is 0 Å². The number of amides is 3. The normalized spacial score (nSPS) is 14.6. The van der Waals surface area contributed by atoms with Gasteiger partial charge in [0.05, 0.1) is 12.4 Å². The van der Waals surface area contributed by atoms with Gasteiger partial charge in [0, 0.05) is 29.8 Å². The van der Waals surface area contributed by atoms with Gasteiger partial charge in [-0.3, -0.25) is 14.4 Å². The van der Waals surface area contributed by atoms with E-state index in [9.17, 15) is 14.4 Å². The lowest BCUT2D eigenvalue weighted by Gasteiger charge is -2.21. The molecule has 0 spiro atoms. The number of aromatic amines is 1. The topological polar surface area (TPSA) is 156 Å². The third kappa shape index (κ3) is 6.12. The van der Waals surface area contributed by atoms with Crippen LogP contribution in [0.1, 0.15) is 5.69 Å². The Hall–Kier alpha value is -1.72. The van der Waals surface area contributed by atoms with E-state index in [0.717, 1.165) is 0 Å². The smallest absolute Gasteiger partial charge is 0.244 e. The molecule has 0 radical (unpaired) electrons. The highest BCUT2D eigenvalue weighted by Crippen LogP contribution is 2.00. The number of H-pyrrole nitrogens is 1. The minimum Gasteiger partial charge on any atom is -0.368 e. The van der Waals surface area contributed by atoms with Crippen molar-refractivity contribution in [3.63, 3.8) is 0 Å². The van der Waals surface area contributed by atoms with Crippen molar-refractivity contribution in [2.45, 2.75) is 24.5 Å². The summed E-state index contributed by atoms with van der Waals surface area (Å²) in [5.41, 5.74) is 11.5. The highest BCUT2D eigenvalue weighted by Gasteiger charge is 2.26. The number of nitrogens with two attached hydrogens (primary N) is 2. The molecule has 0 aliphatic heterocycles. The molecule has 128 valence electrons. The minimum atomic E-state index is -0.944. The molecule has 0 saturated heterocycles. The Labute approximate surface area is 144 Å². The molecule has 9 nitrogen and oxygen atoms in total. The van der Waals surface area contributed by atoms with Gasteiger partial charge in [0.1, 0.15) is 12.1 Å². The van der Waals surface area contributed by atoms with Crippen LogP contribution < -0.4 is 22.1 Å². The molecular formula is C12H20N6O3S2. The molecule has 3 atom stereocenters. The first-order chi connectivity index (χ1) is 10.9. The van der Waals surface area contributed by atoms with Gasteiger partial charge in [-0.1, -0.05) is 0 Å². The molecule has 0 aliphatic rings. The molecule has 0 unspecified atom stereocenters. The Bertz CT molecular complexity index is 539. The molecule has 0 saturated carbocycles. The molecule has 1 heterocycles. The van der Waals surface area contributed by atoms with Gasteiger partial charge >= 0.3 is 0 Å². The number of hydrogen-bond donors (Lipinski definition) is 7. The van der Waals surface area contributed by atoms with Gasteiger partial charge < -0.3 is 27.1 Å². The maximum absolute atomic E-state index is 12.2. The minimum absolute atomic E-state index is 0.0341. The van der Waals surface area contributed by atoms with Crippen LogP contribution in [-0.4, -0.2) is 57.3 Å². The van der Waals surface area contributed by atoms with Crippen molar-refractivity contribution in [1.29, 1.82) is 0 Å². The number of rotatable bonds is 9. The summed E-state index contributed by atoms with van der Waals surface area (Å²) in [7, 11) is 0. The fraction of sp³-hybridized carbons (Fsp3) is 0.500. The Morgan fingerprint density at radius 3 is 2.30 bits per heavy atom. The number of nitrogens with zero attached hydrogens (tertiary/aromatic N) is 1. The average molecular weight is 360 g/mol. The lowest BCUT2D eigenvalue weighted by Crippen LogP contribution is -2.56. The predicted molar refractivity (Wildman–Crippen MR) is 91.0 cm³/mol. The van der Waals surface area contributed by atoms with E-state index in [1.807, 2.05) is 0 Å². The van der Waals surface area contributed by atoms with Gasteiger partial charge in [0.2, 0.25) is 17.7 Å². The van der Waals surface area contributed by atoms with Crippen LogP contribution in [0.3, 0.4) is 0 Å². The summed E-state index contributed by atoms with van der Waals surface area (Å²) in [4.78, 5) is 42.0. The summed E-state index contributed by atoms with van der Waals surface area (Å²) < 4.78 is 0. The molecule has 11 heteroatoms. The number of nitrogens with one attached hydrogen (secondary N) is 3. The first-order valence-corrected chi connectivity index (χ1v) is 8.00. The lowest BCUT2D eigenvalue weighted by molar-refractivity contribution is -0.131. The second-order valence-electron chi connectivity index (χ2n) is 4.78. The molecule has 0 bridgehead atoms. The van der Waals surface area contributed by atoms with Crippen LogP contribution in [0.4, 0.5) is 0 Å². The fourth-order valence-corrected chi connectivity index (χ4v) is 2.09. The molecule has 1 rings (SSSR count). The van der Waals surface area contributed by atoms with E-state index in [0.29, 0.717) is 5.69 Å². The summed E-state index contributed by atoms with van der Waals surface area (Å²) >= 11 is 7.94. The third-order valence-corrected chi connectivity index (χ3v) is 3.75. The lowest BCUT2D eigenvalue weighted by atomic mass is 10.1. The van der Waals surface area contributed by atoms with E-state index in [1.54, 1.807) is 0 Å². The number of thiol groups is 2. The van der Waals surface area contributed by atoms with Gasteiger partial charge in [-0.25, -0.2) is 4.98 Å². The summed E-state index contributed by atoms with van der Waals surface area (Å²) in [5, 5.41) is 4.93. The van der Waals surface area contributed by atoms with E-state index in [2.05, 4.69) is 45.9 Å². The molecule has 0 fully saturated rings. The van der Waals surface area contributed by atoms with Gasteiger partial charge in [-0.15, -0.1) is 0 Å². The summed E-state index contributed by atoms with van der Waals surface area (Å²) in [6, 6.07) is -2.73. The maximum Gasteiger partial charge on any atom is 0.244 e. The third-order valence-electron chi connectivity index (χ3n) is 2.99. The molecule has 7 N–H and O–H groups in total. The number of carbonyl (C=O) groups excluding carboxylic acids is 3. The number of carbonyl (C=O) groups is 3. The Balaban J connectivity index is 2.68. The standard InChI is InChI=1S/C12H20N6O3S2/c13-7(3-22)11(20)18-9(4-23)12(21)17-8(10(14)19)1-6-2-15-5-16-6/h2,5,7-9,22-23H,1,3-4,13H2,(H2,14,19)(H,15,16)(H,17,21)(H,18,20)/t7-,8-,9-/m0/s1. The van der Waals surface area contributed by atoms with Gasteiger partial charge in [-0.2, -0.15) is 25.3 Å². The zero-order valence-electron chi connectivity index (χ0n) is 12.2. The first-order valence-electron chi connectivity index (χ1n) is 6.73. The summed E-state index contributed by atoms with van der Waals surface area (Å²) in [5.74, 6) is -1.64. The quantitative estimate of drug-likeness (QED) is 0.244. The number of primary amides is 1. The van der Waals surface area contributed by atoms with Crippen molar-refractivity contribution in [1.82, 2.24) is 20.6 Å². The highest BCUT2D eigenvalue weighted by atomic mass is 32.1. The van der Waals surface area contributed by atoms with Crippen molar-refractivity contribution in [3.8, 4) is 0 Å². The monoisotopic (exact) mass is 360 g/mol. The summed E-state index contributed by atoms with van der Waals surface area (Å²) in [6.07, 6.45) is 3.13. The van der Waals surface area contributed by atoms with Crippen LogP contribution in [-0.2, 0) is 20.8 Å². The van der Waals surface area contributed by atoms with Crippen LogP contribution in [0.15, 0.2) is 12.5 Å². The Morgan fingerprint density at radius 2 is 1.83 bits per heavy atom. The SMILES string of the molecule is NC(=O)[C@H](Cc1cnc[nH]1)NC(=O)[C@H](CS)NC(=O)[C@@H](N)CS. The average Bonchev–Trinajstić information content (AvgIpc) is 3.03. The largest absolute Gasteiger partial charge is 0.368 e. The Kier molecular flexibility index (Phi) is 7.92. The van der Waals surface area contributed by atoms with E-state index in [1.165, 1.54) is 12.5 Å². The molecule has 1 aromatic rings. The molecule has 3 amide bonds.